The van der Waals surface area contributed by atoms with Crippen LogP contribution in [0, 0.1) is 0 Å². The van der Waals surface area contributed by atoms with E-state index >= 15 is 0 Å². The van der Waals surface area contributed by atoms with Gasteiger partial charge >= 0.3 is 5.97 Å². The fourth-order valence-electron chi connectivity index (χ4n) is 2.18. The van der Waals surface area contributed by atoms with Crippen LogP contribution in [0.2, 0.25) is 0 Å². The normalized spacial score (nSPS) is 11.9. The Hall–Kier alpha value is -2.50. The molecular formula is C15H19N3O3. The maximum atomic E-state index is 11.6. The monoisotopic (exact) mass is 289 g/mol. The molecule has 0 radical (unpaired) electrons. The Bertz CT molecular complexity index is 610. The topological polar surface area (TPSA) is 76.4 Å². The van der Waals surface area contributed by atoms with Crippen LogP contribution in [0.25, 0.3) is 0 Å². The Kier molecular flexibility index (Phi) is 4.81. The lowest BCUT2D eigenvalue weighted by molar-refractivity contribution is -0.138. The minimum atomic E-state index is -0.959. The van der Waals surface area contributed by atoms with Crippen LogP contribution in [0.5, 0.6) is 5.75 Å². The summed E-state index contributed by atoms with van der Waals surface area (Å²) in [5, 5.41) is 12.5. The van der Waals surface area contributed by atoms with Crippen molar-refractivity contribution in [1.29, 1.82) is 0 Å². The van der Waals surface area contributed by atoms with E-state index in [2.05, 4.69) is 10.3 Å². The summed E-state index contributed by atoms with van der Waals surface area (Å²) in [6, 6.07) is 6.35. The number of nitrogens with zero attached hydrogens (tertiary/aromatic N) is 2. The number of rotatable bonds is 7. The average Bonchev–Trinajstić information content (AvgIpc) is 2.93. The largest absolute Gasteiger partial charge is 0.495 e. The fraction of sp³-hybridized carbons (Fsp3) is 0.333. The number of carbonyl (C=O) groups is 1. The fourth-order valence-corrected chi connectivity index (χ4v) is 2.18. The van der Waals surface area contributed by atoms with Crippen LogP contribution in [0.1, 0.15) is 25.1 Å². The van der Waals surface area contributed by atoms with Crippen LogP contribution in [0.15, 0.2) is 36.8 Å². The van der Waals surface area contributed by atoms with E-state index in [4.69, 9.17) is 4.74 Å². The summed E-state index contributed by atoms with van der Waals surface area (Å²) in [5.41, 5.74) is 1.26. The molecule has 2 aromatic rings. The van der Waals surface area contributed by atoms with Crippen molar-refractivity contribution >= 4 is 11.7 Å². The number of carboxylic acids is 1. The summed E-state index contributed by atoms with van der Waals surface area (Å²) in [6.07, 6.45) is 4.14. The number of anilines is 1. The number of para-hydroxylation sites is 2. The van der Waals surface area contributed by atoms with Crippen molar-refractivity contribution in [2.24, 2.45) is 0 Å². The van der Waals surface area contributed by atoms with Gasteiger partial charge in [0.25, 0.3) is 0 Å². The molecule has 0 saturated carbocycles. The molecule has 0 fully saturated rings. The molecule has 1 unspecified atom stereocenters. The zero-order valence-electron chi connectivity index (χ0n) is 12.1. The maximum Gasteiger partial charge on any atom is 0.332 e. The van der Waals surface area contributed by atoms with Gasteiger partial charge in [-0.05, 0) is 18.6 Å². The first-order valence-electron chi connectivity index (χ1n) is 6.79. The highest BCUT2D eigenvalue weighted by Gasteiger charge is 2.24. The van der Waals surface area contributed by atoms with Gasteiger partial charge in [0.1, 0.15) is 5.75 Å². The zero-order chi connectivity index (χ0) is 15.2. The lowest BCUT2D eigenvalue weighted by atomic mass is 10.2. The van der Waals surface area contributed by atoms with Gasteiger partial charge in [-0.2, -0.15) is 0 Å². The van der Waals surface area contributed by atoms with E-state index in [0.29, 0.717) is 17.1 Å². The van der Waals surface area contributed by atoms with Crippen molar-refractivity contribution in [2.75, 3.05) is 12.4 Å². The Labute approximate surface area is 123 Å². The minimum absolute atomic E-state index is 0.602. The molecule has 1 heterocycles. The van der Waals surface area contributed by atoms with Crippen LogP contribution in [-0.4, -0.2) is 27.7 Å². The second-order valence-electron chi connectivity index (χ2n) is 4.63. The SMILES string of the molecule is CCCn1cncc1C(Nc1ccccc1OC)C(=O)O. The number of aryl methyl sites for hydroxylation is 1. The third-order valence-corrected chi connectivity index (χ3v) is 3.16. The smallest absolute Gasteiger partial charge is 0.332 e. The van der Waals surface area contributed by atoms with E-state index in [9.17, 15) is 9.90 Å². The number of nitrogens with one attached hydrogen (secondary N) is 1. The van der Waals surface area contributed by atoms with Crippen molar-refractivity contribution in [3.8, 4) is 5.75 Å². The van der Waals surface area contributed by atoms with Crippen LogP contribution in [-0.2, 0) is 11.3 Å². The standard InChI is InChI=1S/C15H19N3O3/c1-3-8-18-10-16-9-12(18)14(15(19)20)17-11-6-4-5-7-13(11)21-2/h4-7,9-10,14,17H,3,8H2,1-2H3,(H,19,20). The van der Waals surface area contributed by atoms with E-state index in [1.165, 1.54) is 0 Å². The molecule has 6 nitrogen and oxygen atoms in total. The number of carboxylic acid groups (broad SMARTS) is 1. The van der Waals surface area contributed by atoms with Crippen LogP contribution in [0.3, 0.4) is 0 Å². The molecule has 112 valence electrons. The molecule has 0 aliphatic carbocycles. The predicted molar refractivity (Wildman–Crippen MR) is 79.5 cm³/mol. The van der Waals surface area contributed by atoms with Crippen molar-refractivity contribution in [3.63, 3.8) is 0 Å². The lowest BCUT2D eigenvalue weighted by Crippen LogP contribution is -2.23. The molecule has 21 heavy (non-hydrogen) atoms. The first-order chi connectivity index (χ1) is 10.2. The van der Waals surface area contributed by atoms with E-state index in [0.717, 1.165) is 13.0 Å². The van der Waals surface area contributed by atoms with Crippen molar-refractivity contribution in [3.05, 3.63) is 42.5 Å². The van der Waals surface area contributed by atoms with Crippen molar-refractivity contribution in [1.82, 2.24) is 9.55 Å². The molecule has 1 aromatic carbocycles. The Morgan fingerprint density at radius 1 is 1.48 bits per heavy atom. The Balaban J connectivity index is 2.31. The van der Waals surface area contributed by atoms with E-state index < -0.39 is 12.0 Å². The molecule has 1 atom stereocenters. The summed E-state index contributed by atoms with van der Waals surface area (Å²) >= 11 is 0. The second kappa shape index (κ2) is 6.78. The summed E-state index contributed by atoms with van der Waals surface area (Å²) in [6.45, 7) is 2.76. The van der Waals surface area contributed by atoms with Gasteiger partial charge in [-0.1, -0.05) is 19.1 Å². The van der Waals surface area contributed by atoms with Gasteiger partial charge in [0.2, 0.25) is 0 Å². The van der Waals surface area contributed by atoms with Gasteiger partial charge in [-0.15, -0.1) is 0 Å². The molecular weight excluding hydrogens is 270 g/mol. The van der Waals surface area contributed by atoms with E-state index in [1.54, 1.807) is 31.8 Å². The molecule has 2 rings (SSSR count). The maximum absolute atomic E-state index is 11.6. The summed E-state index contributed by atoms with van der Waals surface area (Å²) in [5.74, 6) is -0.357. The average molecular weight is 289 g/mol. The van der Waals surface area contributed by atoms with Crippen molar-refractivity contribution in [2.45, 2.75) is 25.9 Å². The first-order valence-corrected chi connectivity index (χ1v) is 6.79. The first kappa shape index (κ1) is 14.9. The summed E-state index contributed by atoms with van der Waals surface area (Å²) in [7, 11) is 1.55. The molecule has 0 aliphatic heterocycles. The van der Waals surface area contributed by atoms with Gasteiger partial charge < -0.3 is 19.7 Å². The summed E-state index contributed by atoms with van der Waals surface area (Å²) < 4.78 is 7.09. The number of aromatic nitrogens is 2. The van der Waals surface area contributed by atoms with Crippen LogP contribution < -0.4 is 10.1 Å². The van der Waals surface area contributed by atoms with Crippen LogP contribution >= 0.6 is 0 Å². The lowest BCUT2D eigenvalue weighted by Gasteiger charge is -2.19. The second-order valence-corrected chi connectivity index (χ2v) is 4.63. The number of hydrogen-bond donors (Lipinski definition) is 2. The van der Waals surface area contributed by atoms with Crippen LogP contribution in [0.4, 0.5) is 5.69 Å². The summed E-state index contributed by atoms with van der Waals surface area (Å²) in [4.78, 5) is 15.7. The highest BCUT2D eigenvalue weighted by Crippen LogP contribution is 2.28. The Morgan fingerprint density at radius 2 is 2.24 bits per heavy atom. The molecule has 6 heteroatoms. The minimum Gasteiger partial charge on any atom is -0.495 e. The predicted octanol–water partition coefficient (Wildman–Crippen LogP) is 2.54. The quantitative estimate of drug-likeness (QED) is 0.819. The van der Waals surface area contributed by atoms with Crippen molar-refractivity contribution < 1.29 is 14.6 Å². The molecule has 0 amide bonds. The number of methoxy groups -OCH3 is 1. The third-order valence-electron chi connectivity index (χ3n) is 3.16. The van der Waals surface area contributed by atoms with Gasteiger partial charge in [0.15, 0.2) is 6.04 Å². The van der Waals surface area contributed by atoms with E-state index in [-0.39, 0.29) is 0 Å². The number of benzene rings is 1. The molecule has 2 N–H and O–H groups in total. The van der Waals surface area contributed by atoms with Gasteiger partial charge in [-0.3, -0.25) is 0 Å². The van der Waals surface area contributed by atoms with E-state index in [1.807, 2.05) is 23.6 Å². The van der Waals surface area contributed by atoms with Gasteiger partial charge in [0, 0.05) is 6.54 Å². The highest BCUT2D eigenvalue weighted by atomic mass is 16.5. The van der Waals surface area contributed by atoms with Gasteiger partial charge in [0.05, 0.1) is 31.0 Å². The molecule has 0 aliphatic rings. The molecule has 0 bridgehead atoms. The third kappa shape index (κ3) is 3.34. The number of ether oxygens (including phenoxy) is 1. The Morgan fingerprint density at radius 3 is 2.90 bits per heavy atom. The molecule has 0 saturated heterocycles. The highest BCUT2D eigenvalue weighted by molar-refractivity contribution is 5.79. The number of aliphatic carboxylic acids is 1. The number of hydrogen-bond acceptors (Lipinski definition) is 4. The van der Waals surface area contributed by atoms with Gasteiger partial charge in [-0.25, -0.2) is 9.78 Å². The zero-order valence-corrected chi connectivity index (χ0v) is 12.1. The molecule has 1 aromatic heterocycles. The number of imidazole rings is 1. The molecule has 0 spiro atoms.